The summed E-state index contributed by atoms with van der Waals surface area (Å²) in [5, 5.41) is 5.07. The predicted molar refractivity (Wildman–Crippen MR) is 90.0 cm³/mol. The molecule has 0 fully saturated rings. The Labute approximate surface area is 145 Å². The smallest absolute Gasteiger partial charge is 0.342 e. The van der Waals surface area contributed by atoms with Gasteiger partial charge in [0, 0.05) is 5.56 Å². The number of sulfonamides is 1. The van der Waals surface area contributed by atoms with Crippen LogP contribution in [0.1, 0.15) is 27.6 Å². The number of ether oxygens (including phenoxy) is 2. The third kappa shape index (κ3) is 4.43. The van der Waals surface area contributed by atoms with E-state index in [9.17, 15) is 18.0 Å². The van der Waals surface area contributed by atoms with Crippen LogP contribution in [0.25, 0.3) is 0 Å². The van der Waals surface area contributed by atoms with E-state index >= 15 is 0 Å². The summed E-state index contributed by atoms with van der Waals surface area (Å²) in [7, 11) is -2.68. The van der Waals surface area contributed by atoms with Crippen molar-refractivity contribution in [3.63, 3.8) is 0 Å². The van der Waals surface area contributed by atoms with Crippen LogP contribution in [0.2, 0.25) is 0 Å². The number of esters is 1. The Hall–Kier alpha value is -2.71. The maximum Gasteiger partial charge on any atom is 0.342 e. The molecule has 0 amide bonds. The van der Waals surface area contributed by atoms with Gasteiger partial charge in [-0.1, -0.05) is 30.3 Å². The van der Waals surface area contributed by atoms with Crippen molar-refractivity contribution in [1.29, 1.82) is 0 Å². The Balaban J connectivity index is 2.27. The normalized spacial score (nSPS) is 12.3. The quantitative estimate of drug-likeness (QED) is 0.618. The van der Waals surface area contributed by atoms with Gasteiger partial charge in [-0.15, -0.1) is 0 Å². The number of hydrogen-bond acceptors (Lipinski definition) is 6. The first-order valence-electron chi connectivity index (χ1n) is 7.25. The summed E-state index contributed by atoms with van der Waals surface area (Å²) in [4.78, 5) is 24.4. The van der Waals surface area contributed by atoms with E-state index in [-0.39, 0.29) is 22.0 Å². The highest BCUT2D eigenvalue weighted by molar-refractivity contribution is 7.89. The summed E-state index contributed by atoms with van der Waals surface area (Å²) in [6.07, 6.45) is -1.06. The number of methoxy groups -OCH3 is 1. The van der Waals surface area contributed by atoms with E-state index in [1.54, 1.807) is 30.3 Å². The van der Waals surface area contributed by atoms with Crippen LogP contribution >= 0.6 is 0 Å². The van der Waals surface area contributed by atoms with Crippen molar-refractivity contribution in [3.8, 4) is 5.75 Å². The fourth-order valence-electron chi connectivity index (χ4n) is 2.14. The first-order valence-corrected chi connectivity index (χ1v) is 8.79. The van der Waals surface area contributed by atoms with Gasteiger partial charge in [-0.2, -0.15) is 0 Å². The van der Waals surface area contributed by atoms with Crippen LogP contribution in [0.4, 0.5) is 0 Å². The highest BCUT2D eigenvalue weighted by atomic mass is 32.2. The van der Waals surface area contributed by atoms with Crippen LogP contribution in [-0.2, 0) is 14.8 Å². The van der Waals surface area contributed by atoms with Gasteiger partial charge in [-0.25, -0.2) is 18.4 Å². The van der Waals surface area contributed by atoms with E-state index in [2.05, 4.69) is 0 Å². The molecule has 0 spiro atoms. The summed E-state index contributed by atoms with van der Waals surface area (Å²) in [6, 6.07) is 11.9. The zero-order valence-corrected chi connectivity index (χ0v) is 14.4. The molecule has 0 bridgehead atoms. The van der Waals surface area contributed by atoms with E-state index in [0.717, 1.165) is 6.07 Å². The van der Waals surface area contributed by atoms with Crippen LogP contribution in [0.3, 0.4) is 0 Å². The van der Waals surface area contributed by atoms with E-state index in [0.29, 0.717) is 5.56 Å². The lowest BCUT2D eigenvalue weighted by Gasteiger charge is -2.14. The van der Waals surface area contributed by atoms with E-state index in [1.807, 2.05) is 0 Å². The van der Waals surface area contributed by atoms with Gasteiger partial charge in [0.1, 0.15) is 11.3 Å². The SMILES string of the molecule is COc1ccc(S(N)(=O)=O)cc1C(=O)OC(C)C(=O)c1ccccc1. The summed E-state index contributed by atoms with van der Waals surface area (Å²) in [5.74, 6) is -1.16. The summed E-state index contributed by atoms with van der Waals surface area (Å²) in [5.41, 5.74) is 0.259. The minimum absolute atomic E-state index is 0.108. The van der Waals surface area contributed by atoms with E-state index in [4.69, 9.17) is 14.6 Å². The van der Waals surface area contributed by atoms with E-state index < -0.39 is 22.1 Å². The fraction of sp³-hybridized carbons (Fsp3) is 0.176. The molecule has 0 radical (unpaired) electrons. The van der Waals surface area contributed by atoms with Crippen molar-refractivity contribution in [2.45, 2.75) is 17.9 Å². The zero-order valence-electron chi connectivity index (χ0n) is 13.6. The number of carbonyl (C=O) groups excluding carboxylic acids is 2. The van der Waals surface area contributed by atoms with Crippen LogP contribution < -0.4 is 9.88 Å². The Morgan fingerprint density at radius 1 is 1.08 bits per heavy atom. The average molecular weight is 363 g/mol. The van der Waals surface area contributed by atoms with Crippen molar-refractivity contribution in [1.82, 2.24) is 0 Å². The van der Waals surface area contributed by atoms with Gasteiger partial charge in [0.05, 0.1) is 12.0 Å². The first kappa shape index (κ1) is 18.6. The topological polar surface area (TPSA) is 113 Å². The lowest BCUT2D eigenvalue weighted by Crippen LogP contribution is -2.25. The highest BCUT2D eigenvalue weighted by Crippen LogP contribution is 2.23. The molecule has 7 nitrogen and oxygen atoms in total. The molecule has 0 aliphatic rings. The van der Waals surface area contributed by atoms with Gasteiger partial charge in [0.25, 0.3) is 0 Å². The van der Waals surface area contributed by atoms with E-state index in [1.165, 1.54) is 26.2 Å². The Morgan fingerprint density at radius 3 is 2.28 bits per heavy atom. The molecular weight excluding hydrogens is 346 g/mol. The van der Waals surface area contributed by atoms with Crippen molar-refractivity contribution in [3.05, 3.63) is 59.7 Å². The molecule has 132 valence electrons. The van der Waals surface area contributed by atoms with Crippen molar-refractivity contribution in [2.24, 2.45) is 5.14 Å². The predicted octanol–water partition coefficient (Wildman–Crippen LogP) is 1.77. The van der Waals surface area contributed by atoms with Crippen LogP contribution in [0.15, 0.2) is 53.4 Å². The van der Waals surface area contributed by atoms with Crippen LogP contribution in [0, 0.1) is 0 Å². The second-order valence-corrected chi connectivity index (χ2v) is 6.75. The van der Waals surface area contributed by atoms with Gasteiger partial charge in [-0.05, 0) is 25.1 Å². The van der Waals surface area contributed by atoms with Crippen molar-refractivity contribution >= 4 is 21.8 Å². The van der Waals surface area contributed by atoms with Gasteiger partial charge in [0.2, 0.25) is 15.8 Å². The van der Waals surface area contributed by atoms with Gasteiger partial charge in [-0.3, -0.25) is 4.79 Å². The number of rotatable bonds is 6. The second kappa shape index (κ2) is 7.45. The maximum atomic E-state index is 12.4. The first-order chi connectivity index (χ1) is 11.7. The lowest BCUT2D eigenvalue weighted by atomic mass is 10.1. The minimum atomic E-state index is -4.00. The second-order valence-electron chi connectivity index (χ2n) is 5.18. The Kier molecular flexibility index (Phi) is 5.55. The monoisotopic (exact) mass is 363 g/mol. The molecule has 0 aliphatic heterocycles. The van der Waals surface area contributed by atoms with Crippen LogP contribution in [0.5, 0.6) is 5.75 Å². The number of Topliss-reactive ketones (excluding diaryl/α,β-unsaturated/α-hetero) is 1. The molecule has 2 aromatic rings. The zero-order chi connectivity index (χ0) is 18.6. The van der Waals surface area contributed by atoms with Gasteiger partial charge < -0.3 is 9.47 Å². The van der Waals surface area contributed by atoms with Crippen molar-refractivity contribution < 1.29 is 27.5 Å². The highest BCUT2D eigenvalue weighted by Gasteiger charge is 2.24. The molecule has 2 rings (SSSR count). The summed E-state index contributed by atoms with van der Waals surface area (Å²) < 4.78 is 33.1. The Morgan fingerprint density at radius 2 is 1.72 bits per heavy atom. The molecule has 2 N–H and O–H groups in total. The molecule has 1 atom stereocenters. The molecule has 25 heavy (non-hydrogen) atoms. The molecule has 8 heteroatoms. The lowest BCUT2D eigenvalue weighted by molar-refractivity contribution is 0.0315. The maximum absolute atomic E-state index is 12.4. The van der Waals surface area contributed by atoms with Crippen LogP contribution in [-0.4, -0.2) is 33.4 Å². The third-order valence-electron chi connectivity index (χ3n) is 3.43. The third-order valence-corrected chi connectivity index (χ3v) is 4.34. The fourth-order valence-corrected chi connectivity index (χ4v) is 2.68. The number of primary sulfonamides is 1. The molecule has 0 aliphatic carbocycles. The number of carbonyl (C=O) groups is 2. The molecule has 0 heterocycles. The number of ketones is 1. The Bertz CT molecular complexity index is 893. The largest absolute Gasteiger partial charge is 0.496 e. The standard InChI is InChI=1S/C17H17NO6S/c1-11(16(19)12-6-4-3-5-7-12)24-17(20)14-10-13(25(18,21)22)8-9-15(14)23-2/h3-11H,1-2H3,(H2,18,21,22). The molecule has 2 aromatic carbocycles. The summed E-state index contributed by atoms with van der Waals surface area (Å²) in [6.45, 7) is 1.43. The van der Waals surface area contributed by atoms with Crippen molar-refractivity contribution in [2.75, 3.05) is 7.11 Å². The molecule has 0 saturated heterocycles. The molecular formula is C17H17NO6S. The average Bonchev–Trinajstić information content (AvgIpc) is 2.60. The molecule has 1 unspecified atom stereocenters. The number of benzene rings is 2. The van der Waals surface area contributed by atoms with Gasteiger partial charge in [0.15, 0.2) is 6.10 Å². The number of nitrogens with two attached hydrogens (primary N) is 1. The molecule has 0 saturated carbocycles. The summed E-state index contributed by atoms with van der Waals surface area (Å²) >= 11 is 0. The number of hydrogen-bond donors (Lipinski definition) is 1. The minimum Gasteiger partial charge on any atom is -0.496 e. The van der Waals surface area contributed by atoms with Gasteiger partial charge >= 0.3 is 5.97 Å². The molecule has 0 aromatic heterocycles.